The minimum atomic E-state index is 0. The molecule has 0 bridgehead atoms. The number of nitrogens with zero attached hydrogens (tertiary/aromatic N) is 2. The van der Waals surface area contributed by atoms with Gasteiger partial charge in [-0.05, 0) is 26.7 Å². The Kier molecular flexibility index (Phi) is 7.16. The molecule has 2 rings (SSSR count). The van der Waals surface area contributed by atoms with E-state index in [0.29, 0.717) is 19.0 Å². The van der Waals surface area contributed by atoms with Gasteiger partial charge in [0.05, 0.1) is 0 Å². The van der Waals surface area contributed by atoms with Crippen molar-refractivity contribution in [1.29, 1.82) is 0 Å². The summed E-state index contributed by atoms with van der Waals surface area (Å²) in [6.07, 6.45) is 5.27. The quantitative estimate of drug-likeness (QED) is 0.405. The standard InChI is InChI=1S/C17H32N4O.HI/c1-16(2)12-21(17(16,3)4)15(18-5)19-11-10-14(22)20-13-8-6-7-9-13;/h13H,6-12H2,1-5H3,(H,18,19)(H,20,22);1H. The Morgan fingerprint density at radius 1 is 1.22 bits per heavy atom. The Morgan fingerprint density at radius 3 is 2.30 bits per heavy atom. The number of rotatable bonds is 4. The first kappa shape index (κ1) is 20.5. The van der Waals surface area contributed by atoms with Crippen LogP contribution in [-0.2, 0) is 4.79 Å². The van der Waals surface area contributed by atoms with Gasteiger partial charge in [0.25, 0.3) is 0 Å². The second-order valence-electron chi connectivity index (χ2n) is 7.80. The van der Waals surface area contributed by atoms with E-state index in [1.807, 2.05) is 7.05 Å². The van der Waals surface area contributed by atoms with Gasteiger partial charge in [0.1, 0.15) is 0 Å². The summed E-state index contributed by atoms with van der Waals surface area (Å²) in [5.74, 6) is 1.05. The zero-order valence-electron chi connectivity index (χ0n) is 15.2. The van der Waals surface area contributed by atoms with Crippen LogP contribution in [0.25, 0.3) is 0 Å². The minimum absolute atomic E-state index is 0. The maximum absolute atomic E-state index is 11.9. The third kappa shape index (κ3) is 4.51. The lowest BCUT2D eigenvalue weighted by atomic mass is 9.65. The van der Waals surface area contributed by atoms with E-state index in [2.05, 4.69) is 48.2 Å². The SMILES string of the molecule is CN=C(NCCC(=O)NC1CCCC1)N1CC(C)(C)C1(C)C.I. The van der Waals surface area contributed by atoms with Gasteiger partial charge in [0.2, 0.25) is 5.91 Å². The predicted octanol–water partition coefficient (Wildman–Crippen LogP) is 2.75. The van der Waals surface area contributed by atoms with E-state index < -0.39 is 0 Å². The molecule has 2 fully saturated rings. The summed E-state index contributed by atoms with van der Waals surface area (Å²) < 4.78 is 0. The third-order valence-electron chi connectivity index (χ3n) is 5.71. The summed E-state index contributed by atoms with van der Waals surface area (Å²) in [6.45, 7) is 10.7. The maximum Gasteiger partial charge on any atom is 0.221 e. The molecule has 1 saturated heterocycles. The third-order valence-corrected chi connectivity index (χ3v) is 5.71. The van der Waals surface area contributed by atoms with Gasteiger partial charge in [-0.3, -0.25) is 9.79 Å². The number of aliphatic imine (C=N–C) groups is 1. The normalized spacial score (nSPS) is 23.0. The van der Waals surface area contributed by atoms with E-state index in [4.69, 9.17) is 0 Å². The summed E-state index contributed by atoms with van der Waals surface area (Å²) in [6, 6.07) is 0.405. The fraction of sp³-hybridized carbons (Fsp3) is 0.882. The number of guanidine groups is 1. The number of hydrogen-bond acceptors (Lipinski definition) is 2. The molecule has 23 heavy (non-hydrogen) atoms. The molecule has 0 atom stereocenters. The molecule has 0 unspecified atom stereocenters. The van der Waals surface area contributed by atoms with Crippen LogP contribution in [0.1, 0.15) is 59.8 Å². The molecular formula is C17H33IN4O. The van der Waals surface area contributed by atoms with Crippen molar-refractivity contribution in [2.45, 2.75) is 71.4 Å². The predicted molar refractivity (Wildman–Crippen MR) is 106 cm³/mol. The molecule has 0 aromatic rings. The smallest absolute Gasteiger partial charge is 0.221 e. The summed E-state index contributed by atoms with van der Waals surface area (Å²) in [5, 5.41) is 6.46. The fourth-order valence-electron chi connectivity index (χ4n) is 3.35. The number of carbonyl (C=O) groups is 1. The number of amides is 1. The Labute approximate surface area is 158 Å². The van der Waals surface area contributed by atoms with Crippen LogP contribution >= 0.6 is 24.0 Å². The average Bonchev–Trinajstić information content (AvgIpc) is 2.94. The zero-order chi connectivity index (χ0) is 16.4. The van der Waals surface area contributed by atoms with E-state index in [9.17, 15) is 4.79 Å². The van der Waals surface area contributed by atoms with Crippen LogP contribution in [0.3, 0.4) is 0 Å². The van der Waals surface area contributed by atoms with Gasteiger partial charge >= 0.3 is 0 Å². The molecule has 134 valence electrons. The van der Waals surface area contributed by atoms with Crippen LogP contribution in [0.15, 0.2) is 4.99 Å². The van der Waals surface area contributed by atoms with Gasteiger partial charge in [0.15, 0.2) is 5.96 Å². The van der Waals surface area contributed by atoms with E-state index in [1.54, 1.807) is 0 Å². The van der Waals surface area contributed by atoms with Gasteiger partial charge in [-0.25, -0.2) is 0 Å². The lowest BCUT2D eigenvalue weighted by Crippen LogP contribution is -2.72. The van der Waals surface area contributed by atoms with E-state index in [-0.39, 0.29) is 40.8 Å². The van der Waals surface area contributed by atoms with Crippen molar-refractivity contribution in [3.63, 3.8) is 0 Å². The van der Waals surface area contributed by atoms with Gasteiger partial charge in [-0.2, -0.15) is 0 Å². The molecule has 1 heterocycles. The largest absolute Gasteiger partial charge is 0.356 e. The summed E-state index contributed by atoms with van der Waals surface area (Å²) in [5.41, 5.74) is 0.366. The number of nitrogens with one attached hydrogen (secondary N) is 2. The zero-order valence-corrected chi connectivity index (χ0v) is 17.6. The highest BCUT2D eigenvalue weighted by Crippen LogP contribution is 2.46. The number of hydrogen-bond donors (Lipinski definition) is 2. The van der Waals surface area contributed by atoms with Crippen LogP contribution in [-0.4, -0.2) is 48.5 Å². The average molecular weight is 436 g/mol. The molecular weight excluding hydrogens is 403 g/mol. The number of halogens is 1. The van der Waals surface area contributed by atoms with Crippen molar-refractivity contribution < 1.29 is 4.79 Å². The molecule has 0 aromatic heterocycles. The molecule has 1 saturated carbocycles. The Balaban J connectivity index is 0.00000264. The first-order valence-corrected chi connectivity index (χ1v) is 8.55. The highest BCUT2D eigenvalue weighted by molar-refractivity contribution is 14.0. The van der Waals surface area contributed by atoms with E-state index in [0.717, 1.165) is 25.3 Å². The molecule has 5 nitrogen and oxygen atoms in total. The summed E-state index contributed by atoms with van der Waals surface area (Å²) in [7, 11) is 1.81. The van der Waals surface area contributed by atoms with Crippen molar-refractivity contribution in [2.75, 3.05) is 20.1 Å². The van der Waals surface area contributed by atoms with Crippen molar-refractivity contribution in [3.05, 3.63) is 0 Å². The van der Waals surface area contributed by atoms with Crippen LogP contribution in [0.5, 0.6) is 0 Å². The molecule has 1 amide bonds. The van der Waals surface area contributed by atoms with Crippen LogP contribution < -0.4 is 10.6 Å². The molecule has 1 aliphatic carbocycles. The first-order chi connectivity index (χ1) is 10.3. The van der Waals surface area contributed by atoms with Crippen molar-refractivity contribution >= 4 is 35.8 Å². The van der Waals surface area contributed by atoms with Crippen LogP contribution in [0.2, 0.25) is 0 Å². The molecule has 1 aliphatic heterocycles. The summed E-state index contributed by atoms with van der Waals surface area (Å²) in [4.78, 5) is 18.6. The van der Waals surface area contributed by atoms with E-state index in [1.165, 1.54) is 12.8 Å². The number of carbonyl (C=O) groups excluding carboxylic acids is 1. The molecule has 2 N–H and O–H groups in total. The molecule has 0 radical (unpaired) electrons. The minimum Gasteiger partial charge on any atom is -0.356 e. The van der Waals surface area contributed by atoms with Crippen LogP contribution in [0, 0.1) is 5.41 Å². The highest BCUT2D eigenvalue weighted by atomic mass is 127. The molecule has 0 spiro atoms. The second kappa shape index (κ2) is 8.03. The topological polar surface area (TPSA) is 56.7 Å². The van der Waals surface area contributed by atoms with E-state index >= 15 is 0 Å². The Morgan fingerprint density at radius 2 is 1.83 bits per heavy atom. The van der Waals surface area contributed by atoms with Crippen LogP contribution in [0.4, 0.5) is 0 Å². The maximum atomic E-state index is 11.9. The van der Waals surface area contributed by atoms with Gasteiger partial charge in [-0.1, -0.05) is 26.7 Å². The van der Waals surface area contributed by atoms with Gasteiger partial charge < -0.3 is 15.5 Å². The first-order valence-electron chi connectivity index (χ1n) is 8.55. The fourth-order valence-corrected chi connectivity index (χ4v) is 3.35. The van der Waals surface area contributed by atoms with Gasteiger partial charge in [-0.15, -0.1) is 24.0 Å². The molecule has 6 heteroatoms. The summed E-state index contributed by atoms with van der Waals surface area (Å²) >= 11 is 0. The molecule has 0 aromatic carbocycles. The monoisotopic (exact) mass is 436 g/mol. The Hall–Kier alpha value is -0.530. The van der Waals surface area contributed by atoms with Crippen molar-refractivity contribution in [3.8, 4) is 0 Å². The second-order valence-corrected chi connectivity index (χ2v) is 7.80. The van der Waals surface area contributed by atoms with Crippen molar-refractivity contribution in [1.82, 2.24) is 15.5 Å². The molecule has 2 aliphatic rings. The van der Waals surface area contributed by atoms with Gasteiger partial charge in [0, 0.05) is 43.6 Å². The lowest BCUT2D eigenvalue weighted by molar-refractivity contribution is -0.121. The lowest BCUT2D eigenvalue weighted by Gasteiger charge is -2.62. The van der Waals surface area contributed by atoms with Crippen molar-refractivity contribution in [2.24, 2.45) is 10.4 Å². The number of likely N-dealkylation sites (tertiary alicyclic amines) is 1. The highest BCUT2D eigenvalue weighted by Gasteiger charge is 2.53. The Bertz CT molecular complexity index is 442.